The summed E-state index contributed by atoms with van der Waals surface area (Å²) >= 11 is 0. The molecule has 5 heteroatoms. The van der Waals surface area contributed by atoms with Crippen LogP contribution in [0.4, 0.5) is 0 Å². The standard InChI is InChI=1S/C32H29NO4/c1-2-12-24-19-28(22-34)33(21-24)31-20-29(35)30(37-31)23-36-32(25-13-6-3-7-14-25,26-15-8-4-9-16-26)27-17-10-5-11-18-27/h3-11,13-19,21-22,29-31,35H,20,23H2,1H3/t29-,30+,31+/m0/s1. The number of rotatable bonds is 8. The van der Waals surface area contributed by atoms with Gasteiger partial charge in [-0.25, -0.2) is 0 Å². The summed E-state index contributed by atoms with van der Waals surface area (Å²) in [6.45, 7) is 1.90. The van der Waals surface area contributed by atoms with Gasteiger partial charge in [0.05, 0.1) is 18.4 Å². The highest BCUT2D eigenvalue weighted by atomic mass is 16.6. The van der Waals surface area contributed by atoms with E-state index < -0.39 is 24.0 Å². The Bertz CT molecular complexity index is 1290. The zero-order chi connectivity index (χ0) is 25.7. The topological polar surface area (TPSA) is 60.7 Å². The third-order valence-corrected chi connectivity index (χ3v) is 6.79. The van der Waals surface area contributed by atoms with E-state index in [9.17, 15) is 9.90 Å². The van der Waals surface area contributed by atoms with Crippen molar-refractivity contribution in [2.75, 3.05) is 6.61 Å². The van der Waals surface area contributed by atoms with Crippen molar-refractivity contribution in [1.82, 2.24) is 4.57 Å². The van der Waals surface area contributed by atoms with E-state index in [2.05, 4.69) is 48.2 Å². The second-order valence-electron chi connectivity index (χ2n) is 9.08. The lowest BCUT2D eigenvalue weighted by atomic mass is 9.80. The lowest BCUT2D eigenvalue weighted by Gasteiger charge is -2.37. The number of benzene rings is 3. The molecule has 0 bridgehead atoms. The number of nitrogens with zero attached hydrogens (tertiary/aromatic N) is 1. The first-order valence-corrected chi connectivity index (χ1v) is 12.4. The van der Waals surface area contributed by atoms with E-state index in [0.717, 1.165) is 28.5 Å². The summed E-state index contributed by atoms with van der Waals surface area (Å²) in [5.74, 6) is 5.83. The van der Waals surface area contributed by atoms with Gasteiger partial charge in [-0.1, -0.05) is 96.9 Å². The highest BCUT2D eigenvalue weighted by molar-refractivity contribution is 5.73. The Labute approximate surface area is 217 Å². The Morgan fingerprint density at radius 3 is 2.00 bits per heavy atom. The second kappa shape index (κ2) is 11.0. The maximum Gasteiger partial charge on any atom is 0.166 e. The van der Waals surface area contributed by atoms with Gasteiger partial charge in [-0.05, 0) is 29.7 Å². The number of aromatic nitrogens is 1. The van der Waals surface area contributed by atoms with Gasteiger partial charge in [0, 0.05) is 18.2 Å². The zero-order valence-electron chi connectivity index (χ0n) is 20.7. The fourth-order valence-corrected chi connectivity index (χ4v) is 5.06. The summed E-state index contributed by atoms with van der Waals surface area (Å²) in [4.78, 5) is 11.7. The summed E-state index contributed by atoms with van der Waals surface area (Å²) in [6.07, 6.45) is 1.10. The number of ether oxygens (including phenoxy) is 2. The summed E-state index contributed by atoms with van der Waals surface area (Å²) in [6, 6.07) is 32.0. The van der Waals surface area contributed by atoms with Crippen molar-refractivity contribution in [1.29, 1.82) is 0 Å². The van der Waals surface area contributed by atoms with Gasteiger partial charge in [0.1, 0.15) is 17.9 Å². The molecular formula is C32H29NO4. The van der Waals surface area contributed by atoms with Crippen molar-refractivity contribution in [2.45, 2.75) is 37.4 Å². The van der Waals surface area contributed by atoms with Gasteiger partial charge in [0.15, 0.2) is 6.29 Å². The highest BCUT2D eigenvalue weighted by Crippen LogP contribution is 2.41. The number of aliphatic hydroxyl groups is 1. The molecule has 1 N–H and O–H groups in total. The largest absolute Gasteiger partial charge is 0.390 e. The van der Waals surface area contributed by atoms with Crippen LogP contribution in [0.25, 0.3) is 0 Å². The molecule has 186 valence electrons. The van der Waals surface area contributed by atoms with Gasteiger partial charge in [-0.15, -0.1) is 5.92 Å². The summed E-state index contributed by atoms with van der Waals surface area (Å²) in [7, 11) is 0. The van der Waals surface area contributed by atoms with Crippen molar-refractivity contribution >= 4 is 6.29 Å². The average molecular weight is 492 g/mol. The summed E-state index contributed by atoms with van der Waals surface area (Å²) < 4.78 is 14.9. The van der Waals surface area contributed by atoms with E-state index in [1.54, 1.807) is 23.8 Å². The molecule has 5 rings (SSSR count). The van der Waals surface area contributed by atoms with E-state index in [0.29, 0.717) is 12.1 Å². The van der Waals surface area contributed by atoms with Crippen LogP contribution in [0, 0.1) is 11.8 Å². The van der Waals surface area contributed by atoms with Crippen LogP contribution in [0.15, 0.2) is 103 Å². The molecule has 1 aromatic heterocycles. The Morgan fingerprint density at radius 2 is 1.51 bits per heavy atom. The number of aliphatic hydroxyl groups excluding tert-OH is 1. The quantitative estimate of drug-likeness (QED) is 0.206. The van der Waals surface area contributed by atoms with Crippen molar-refractivity contribution in [3.8, 4) is 11.8 Å². The molecule has 0 unspecified atom stereocenters. The molecule has 3 atom stereocenters. The monoisotopic (exact) mass is 491 g/mol. The van der Waals surface area contributed by atoms with Gasteiger partial charge < -0.3 is 19.1 Å². The SMILES string of the molecule is CC#Cc1cc(C=O)n([C@H]2C[C@H](O)[C@@H](COC(c3ccccc3)(c3ccccc3)c3ccccc3)O2)c1. The molecule has 0 spiro atoms. The van der Waals surface area contributed by atoms with Crippen molar-refractivity contribution in [2.24, 2.45) is 0 Å². The molecule has 1 aliphatic rings. The van der Waals surface area contributed by atoms with Gasteiger partial charge in [0.2, 0.25) is 0 Å². The van der Waals surface area contributed by atoms with E-state index >= 15 is 0 Å². The predicted molar refractivity (Wildman–Crippen MR) is 142 cm³/mol. The molecule has 0 aliphatic carbocycles. The Morgan fingerprint density at radius 1 is 0.973 bits per heavy atom. The molecule has 0 saturated carbocycles. The maximum absolute atomic E-state index is 11.7. The second-order valence-corrected chi connectivity index (χ2v) is 9.08. The van der Waals surface area contributed by atoms with Crippen molar-refractivity contribution in [3.05, 3.63) is 131 Å². The van der Waals surface area contributed by atoms with Crippen LogP contribution in [0.1, 0.15) is 52.3 Å². The van der Waals surface area contributed by atoms with Crippen LogP contribution in [0.5, 0.6) is 0 Å². The first-order chi connectivity index (χ1) is 18.2. The Balaban J connectivity index is 1.48. The normalized spacial score (nSPS) is 19.2. The molecular weight excluding hydrogens is 462 g/mol. The van der Waals surface area contributed by atoms with E-state index in [-0.39, 0.29) is 6.61 Å². The number of hydrogen-bond acceptors (Lipinski definition) is 4. The summed E-state index contributed by atoms with van der Waals surface area (Å²) in [5, 5.41) is 11.0. The molecule has 0 radical (unpaired) electrons. The fourth-order valence-electron chi connectivity index (χ4n) is 5.06. The number of aldehydes is 1. The van der Waals surface area contributed by atoms with Crippen LogP contribution >= 0.6 is 0 Å². The van der Waals surface area contributed by atoms with E-state index in [4.69, 9.17) is 9.47 Å². The van der Waals surface area contributed by atoms with Crippen LogP contribution in [-0.2, 0) is 15.1 Å². The molecule has 1 fully saturated rings. The number of carbonyl (C=O) groups is 1. The van der Waals surface area contributed by atoms with Crippen molar-refractivity contribution in [3.63, 3.8) is 0 Å². The fraction of sp³-hybridized carbons (Fsp3) is 0.219. The van der Waals surface area contributed by atoms with Gasteiger partial charge in [-0.2, -0.15) is 0 Å². The molecule has 4 aromatic rings. The molecule has 0 amide bonds. The molecule has 1 aliphatic heterocycles. The third-order valence-electron chi connectivity index (χ3n) is 6.79. The van der Waals surface area contributed by atoms with Crippen LogP contribution in [-0.4, -0.2) is 34.8 Å². The minimum absolute atomic E-state index is 0.148. The lowest BCUT2D eigenvalue weighted by Crippen LogP contribution is -2.38. The first kappa shape index (κ1) is 24.7. The first-order valence-electron chi connectivity index (χ1n) is 12.4. The summed E-state index contributed by atoms with van der Waals surface area (Å²) in [5.41, 5.74) is 3.23. The van der Waals surface area contributed by atoms with Gasteiger partial charge in [-0.3, -0.25) is 4.79 Å². The van der Waals surface area contributed by atoms with Gasteiger partial charge in [0.25, 0.3) is 0 Å². The van der Waals surface area contributed by atoms with Crippen molar-refractivity contribution < 1.29 is 19.4 Å². The van der Waals surface area contributed by atoms with E-state index in [1.165, 1.54) is 0 Å². The van der Waals surface area contributed by atoms with Crippen LogP contribution < -0.4 is 0 Å². The maximum atomic E-state index is 11.7. The van der Waals surface area contributed by atoms with E-state index in [1.807, 2.05) is 54.6 Å². The lowest BCUT2D eigenvalue weighted by molar-refractivity contribution is -0.0937. The predicted octanol–water partition coefficient (Wildman–Crippen LogP) is 5.33. The Hall–Kier alpha value is -3.95. The molecule has 2 heterocycles. The smallest absolute Gasteiger partial charge is 0.166 e. The molecule has 37 heavy (non-hydrogen) atoms. The minimum Gasteiger partial charge on any atom is -0.390 e. The average Bonchev–Trinajstić information content (AvgIpc) is 3.54. The Kier molecular flexibility index (Phi) is 7.34. The van der Waals surface area contributed by atoms with Gasteiger partial charge >= 0.3 is 0 Å². The molecule has 1 saturated heterocycles. The van der Waals surface area contributed by atoms with Crippen LogP contribution in [0.2, 0.25) is 0 Å². The number of hydrogen-bond donors (Lipinski definition) is 1. The van der Waals surface area contributed by atoms with Crippen LogP contribution in [0.3, 0.4) is 0 Å². The minimum atomic E-state index is -0.907. The zero-order valence-corrected chi connectivity index (χ0v) is 20.7. The third kappa shape index (κ3) is 4.87. The number of carbonyl (C=O) groups excluding carboxylic acids is 1. The highest BCUT2D eigenvalue weighted by Gasteiger charge is 2.41. The molecule has 3 aromatic carbocycles. The molecule has 5 nitrogen and oxygen atoms in total.